The number of ether oxygens (including phenoxy) is 1. The minimum atomic E-state index is -0.767. The average Bonchev–Trinajstić information content (AvgIpc) is 2.61. The first-order chi connectivity index (χ1) is 8.95. The molecule has 0 aromatic heterocycles. The minimum Gasteiger partial charge on any atom is -0.469 e. The summed E-state index contributed by atoms with van der Waals surface area (Å²) in [5.41, 5.74) is 0.308. The van der Waals surface area contributed by atoms with Crippen molar-refractivity contribution in [3.63, 3.8) is 0 Å². The van der Waals surface area contributed by atoms with Gasteiger partial charge in [-0.25, -0.2) is 4.39 Å². The summed E-state index contributed by atoms with van der Waals surface area (Å²) in [4.78, 5) is 35.7. The van der Waals surface area contributed by atoms with Gasteiger partial charge in [0.05, 0.1) is 29.3 Å². The van der Waals surface area contributed by atoms with Crippen LogP contribution in [0.4, 0.5) is 10.1 Å². The number of nitrogens with zero attached hydrogens (tertiary/aromatic N) is 1. The molecule has 19 heavy (non-hydrogen) atoms. The smallest absolute Gasteiger partial charge is 0.307 e. The predicted octanol–water partition coefficient (Wildman–Crippen LogP) is 1.68. The van der Waals surface area contributed by atoms with E-state index in [1.54, 1.807) is 0 Å². The number of rotatable bonds is 3. The van der Waals surface area contributed by atoms with Gasteiger partial charge in [-0.15, -0.1) is 0 Å². The molecule has 7 heteroatoms. The Bertz CT molecular complexity index is 587. The van der Waals surface area contributed by atoms with E-state index in [9.17, 15) is 18.8 Å². The van der Waals surface area contributed by atoms with Crippen LogP contribution < -0.4 is 4.90 Å². The topological polar surface area (TPSA) is 63.7 Å². The molecule has 0 radical (unpaired) electrons. The van der Waals surface area contributed by atoms with Crippen molar-refractivity contribution in [2.75, 3.05) is 18.6 Å². The van der Waals surface area contributed by atoms with Crippen LogP contribution in [0.15, 0.2) is 16.6 Å². The molecular formula is C12H9BrFNO4. The summed E-state index contributed by atoms with van der Waals surface area (Å²) >= 11 is 2.96. The third-order valence-corrected chi connectivity index (χ3v) is 3.39. The Morgan fingerprint density at radius 1 is 1.42 bits per heavy atom. The van der Waals surface area contributed by atoms with Crippen molar-refractivity contribution in [3.8, 4) is 0 Å². The molecule has 5 nitrogen and oxygen atoms in total. The summed E-state index contributed by atoms with van der Waals surface area (Å²) in [5, 5.41) is 0. The zero-order valence-corrected chi connectivity index (χ0v) is 11.5. The van der Waals surface area contributed by atoms with Gasteiger partial charge in [0, 0.05) is 6.54 Å². The van der Waals surface area contributed by atoms with Crippen molar-refractivity contribution < 1.29 is 23.5 Å². The monoisotopic (exact) mass is 329 g/mol. The summed E-state index contributed by atoms with van der Waals surface area (Å²) in [6, 6.07) is 2.36. The number of esters is 1. The molecule has 100 valence electrons. The number of Topliss-reactive ketones (excluding diaryl/α,β-unsaturated/α-hetero) is 1. The van der Waals surface area contributed by atoms with Crippen molar-refractivity contribution >= 4 is 39.3 Å². The lowest BCUT2D eigenvalue weighted by molar-refractivity contribution is -0.140. The van der Waals surface area contributed by atoms with Gasteiger partial charge in [-0.2, -0.15) is 0 Å². The summed E-state index contributed by atoms with van der Waals surface area (Å²) in [5.74, 6) is -2.56. The third-order valence-electron chi connectivity index (χ3n) is 2.78. The lowest BCUT2D eigenvalue weighted by atomic mass is 10.1. The van der Waals surface area contributed by atoms with Crippen LogP contribution in [0.25, 0.3) is 0 Å². The van der Waals surface area contributed by atoms with Gasteiger partial charge in [-0.1, -0.05) is 0 Å². The van der Waals surface area contributed by atoms with Crippen LogP contribution in [0.3, 0.4) is 0 Å². The van der Waals surface area contributed by atoms with Crippen molar-refractivity contribution in [1.29, 1.82) is 0 Å². The van der Waals surface area contributed by atoms with Gasteiger partial charge in [-0.05, 0) is 28.1 Å². The number of fused-ring (bicyclic) bond motifs is 1. The third kappa shape index (κ3) is 2.37. The molecule has 1 aromatic carbocycles. The maximum absolute atomic E-state index is 13.5. The van der Waals surface area contributed by atoms with E-state index in [-0.39, 0.29) is 28.7 Å². The molecule has 0 atom stereocenters. The largest absolute Gasteiger partial charge is 0.469 e. The average molecular weight is 330 g/mol. The van der Waals surface area contributed by atoms with Gasteiger partial charge in [0.1, 0.15) is 5.82 Å². The van der Waals surface area contributed by atoms with Gasteiger partial charge in [-0.3, -0.25) is 14.4 Å². The van der Waals surface area contributed by atoms with Crippen LogP contribution in [-0.2, 0) is 14.3 Å². The quantitative estimate of drug-likeness (QED) is 0.625. The first-order valence-electron chi connectivity index (χ1n) is 5.37. The maximum Gasteiger partial charge on any atom is 0.307 e. The molecule has 0 bridgehead atoms. The Labute approximate surface area is 116 Å². The Hall–Kier alpha value is -1.76. The molecule has 0 unspecified atom stereocenters. The van der Waals surface area contributed by atoms with E-state index >= 15 is 0 Å². The number of hydrogen-bond acceptors (Lipinski definition) is 4. The number of hydrogen-bond donors (Lipinski definition) is 0. The Morgan fingerprint density at radius 2 is 2.11 bits per heavy atom. The predicted molar refractivity (Wildman–Crippen MR) is 67.4 cm³/mol. The molecule has 2 rings (SSSR count). The highest BCUT2D eigenvalue weighted by molar-refractivity contribution is 9.10. The Morgan fingerprint density at radius 3 is 2.74 bits per heavy atom. The van der Waals surface area contributed by atoms with Gasteiger partial charge in [0.25, 0.3) is 11.7 Å². The molecule has 0 aliphatic carbocycles. The number of amides is 1. The standard InChI is InChI=1S/C12H9BrFNO4/c1-19-10(16)2-3-15-9-5-8(14)7(13)4-6(9)11(17)12(15)18/h4-5H,2-3H2,1H3. The number of carbonyl (C=O) groups excluding carboxylic acids is 3. The molecule has 1 aliphatic rings. The van der Waals surface area contributed by atoms with Gasteiger partial charge >= 0.3 is 5.97 Å². The van der Waals surface area contributed by atoms with Crippen LogP contribution in [0.1, 0.15) is 16.8 Å². The minimum absolute atomic E-state index is 0.0225. The van der Waals surface area contributed by atoms with E-state index in [2.05, 4.69) is 20.7 Å². The second-order valence-electron chi connectivity index (χ2n) is 3.90. The van der Waals surface area contributed by atoms with E-state index in [1.165, 1.54) is 13.2 Å². The summed E-state index contributed by atoms with van der Waals surface area (Å²) in [6.45, 7) is -0.0225. The lowest BCUT2D eigenvalue weighted by Crippen LogP contribution is -2.32. The molecule has 0 spiro atoms. The zero-order chi connectivity index (χ0) is 14.2. The van der Waals surface area contributed by atoms with Crippen LogP contribution in [0.5, 0.6) is 0 Å². The number of anilines is 1. The second kappa shape index (κ2) is 5.08. The molecular weight excluding hydrogens is 321 g/mol. The van der Waals surface area contributed by atoms with E-state index in [0.29, 0.717) is 0 Å². The zero-order valence-electron chi connectivity index (χ0n) is 9.91. The SMILES string of the molecule is COC(=O)CCN1C(=O)C(=O)c2cc(Br)c(F)cc21. The second-order valence-corrected chi connectivity index (χ2v) is 4.75. The van der Waals surface area contributed by atoms with Gasteiger partial charge in [0.15, 0.2) is 0 Å². The first-order valence-corrected chi connectivity index (χ1v) is 6.17. The van der Waals surface area contributed by atoms with E-state index in [4.69, 9.17) is 0 Å². The highest BCUT2D eigenvalue weighted by atomic mass is 79.9. The normalized spacial score (nSPS) is 13.7. The summed E-state index contributed by atoms with van der Waals surface area (Å²) < 4.78 is 18.1. The Kier molecular flexibility index (Phi) is 3.66. The molecule has 1 heterocycles. The van der Waals surface area contributed by atoms with Crippen molar-refractivity contribution in [2.45, 2.75) is 6.42 Å². The maximum atomic E-state index is 13.5. The van der Waals surface area contributed by atoms with Gasteiger partial charge < -0.3 is 9.64 Å². The molecule has 0 fully saturated rings. The van der Waals surface area contributed by atoms with Gasteiger partial charge in [0.2, 0.25) is 0 Å². The molecule has 0 saturated heterocycles. The molecule has 1 aliphatic heterocycles. The molecule has 1 amide bonds. The fraction of sp³-hybridized carbons (Fsp3) is 0.250. The fourth-order valence-electron chi connectivity index (χ4n) is 1.82. The first kappa shape index (κ1) is 13.7. The lowest BCUT2D eigenvalue weighted by Gasteiger charge is -2.15. The van der Waals surface area contributed by atoms with E-state index < -0.39 is 23.5 Å². The highest BCUT2D eigenvalue weighted by Gasteiger charge is 2.36. The summed E-state index contributed by atoms with van der Waals surface area (Å²) in [7, 11) is 1.23. The van der Waals surface area contributed by atoms with Crippen LogP contribution in [0, 0.1) is 5.82 Å². The fourth-order valence-corrected chi connectivity index (χ4v) is 2.16. The van der Waals surface area contributed by atoms with Crippen molar-refractivity contribution in [1.82, 2.24) is 0 Å². The van der Waals surface area contributed by atoms with E-state index in [1.807, 2.05) is 0 Å². The summed E-state index contributed by atoms with van der Waals surface area (Å²) in [6.07, 6.45) is -0.0629. The Balaban J connectivity index is 2.33. The number of halogens is 2. The molecule has 0 saturated carbocycles. The number of carbonyl (C=O) groups is 3. The van der Waals surface area contributed by atoms with Crippen LogP contribution in [0.2, 0.25) is 0 Å². The molecule has 1 aromatic rings. The van der Waals surface area contributed by atoms with Crippen molar-refractivity contribution in [3.05, 3.63) is 28.0 Å². The van der Waals surface area contributed by atoms with Crippen molar-refractivity contribution in [2.24, 2.45) is 0 Å². The number of ketones is 1. The molecule has 0 N–H and O–H groups in total. The highest BCUT2D eigenvalue weighted by Crippen LogP contribution is 2.33. The van der Waals surface area contributed by atoms with Crippen LogP contribution >= 0.6 is 15.9 Å². The van der Waals surface area contributed by atoms with E-state index in [0.717, 1.165) is 11.0 Å². The van der Waals surface area contributed by atoms with Crippen LogP contribution in [-0.4, -0.2) is 31.3 Å². The number of methoxy groups -OCH3 is 1. The number of benzene rings is 1.